The summed E-state index contributed by atoms with van der Waals surface area (Å²) in [5.41, 5.74) is 3.47. The van der Waals surface area contributed by atoms with Crippen LogP contribution in [0.1, 0.15) is 18.1 Å². The molecule has 0 aromatic heterocycles. The lowest BCUT2D eigenvalue weighted by molar-refractivity contribution is 0.130. The molecule has 132 valence electrons. The van der Waals surface area contributed by atoms with E-state index in [1.54, 1.807) is 7.11 Å². The highest BCUT2D eigenvalue weighted by molar-refractivity contribution is 6.30. The monoisotopic (exact) mass is 357 g/mol. The number of hydrogen-bond acceptors (Lipinski definition) is 4. The van der Waals surface area contributed by atoms with E-state index in [-0.39, 0.29) is 0 Å². The van der Waals surface area contributed by atoms with E-state index in [0.29, 0.717) is 0 Å². The molecule has 2 aromatic carbocycles. The van der Waals surface area contributed by atoms with E-state index in [4.69, 9.17) is 21.4 Å². The number of methoxy groups -OCH3 is 1. The Morgan fingerprint density at radius 2 is 1.64 bits per heavy atom. The van der Waals surface area contributed by atoms with Crippen LogP contribution in [0, 0.1) is 0 Å². The third kappa shape index (κ3) is 4.97. The van der Waals surface area contributed by atoms with Gasteiger partial charge in [-0.15, -0.1) is 0 Å². The van der Waals surface area contributed by atoms with Gasteiger partial charge in [-0.05, 0) is 54.4 Å². The maximum Gasteiger partial charge on any atom is 0.118 e. The van der Waals surface area contributed by atoms with Crippen molar-refractivity contribution in [2.75, 3.05) is 33.3 Å². The van der Waals surface area contributed by atoms with Gasteiger partial charge in [0.05, 0.1) is 12.8 Å². The molecule has 0 aliphatic carbocycles. The molecule has 0 atom stereocenters. The first-order valence-corrected chi connectivity index (χ1v) is 8.93. The van der Waals surface area contributed by atoms with Gasteiger partial charge in [-0.1, -0.05) is 23.7 Å². The molecular formula is C20H24ClN3O. The Balaban J connectivity index is 1.53. The quantitative estimate of drug-likeness (QED) is 0.760. The predicted octanol–water partition coefficient (Wildman–Crippen LogP) is 3.89. The minimum absolute atomic E-state index is 0.789. The van der Waals surface area contributed by atoms with E-state index in [0.717, 1.165) is 54.8 Å². The highest BCUT2D eigenvalue weighted by atomic mass is 35.5. The maximum atomic E-state index is 5.95. The van der Waals surface area contributed by atoms with Crippen molar-refractivity contribution < 1.29 is 4.74 Å². The largest absolute Gasteiger partial charge is 0.497 e. The van der Waals surface area contributed by atoms with Gasteiger partial charge in [-0.25, -0.2) is 0 Å². The number of piperazine rings is 1. The van der Waals surface area contributed by atoms with Crippen LogP contribution >= 0.6 is 11.6 Å². The fraction of sp³-hybridized carbons (Fsp3) is 0.350. The van der Waals surface area contributed by atoms with Gasteiger partial charge >= 0.3 is 0 Å². The summed E-state index contributed by atoms with van der Waals surface area (Å²) >= 11 is 5.95. The minimum atomic E-state index is 0.789. The number of benzene rings is 2. The second-order valence-corrected chi connectivity index (χ2v) is 6.71. The molecule has 0 amide bonds. The van der Waals surface area contributed by atoms with Crippen molar-refractivity contribution in [1.82, 2.24) is 9.91 Å². The van der Waals surface area contributed by atoms with Gasteiger partial charge in [0.2, 0.25) is 0 Å². The van der Waals surface area contributed by atoms with Crippen molar-refractivity contribution in [1.29, 1.82) is 0 Å². The van der Waals surface area contributed by atoms with Crippen LogP contribution in [0.25, 0.3) is 0 Å². The van der Waals surface area contributed by atoms with Gasteiger partial charge in [-0.3, -0.25) is 9.91 Å². The Morgan fingerprint density at radius 3 is 2.24 bits per heavy atom. The van der Waals surface area contributed by atoms with Crippen LogP contribution in [0.4, 0.5) is 0 Å². The number of nitrogens with zero attached hydrogens (tertiary/aromatic N) is 3. The molecule has 3 rings (SSSR count). The molecule has 4 nitrogen and oxygen atoms in total. The molecule has 0 saturated carbocycles. The van der Waals surface area contributed by atoms with Gasteiger partial charge < -0.3 is 4.74 Å². The number of hydrazone groups is 1. The second-order valence-electron chi connectivity index (χ2n) is 6.27. The normalized spacial score (nSPS) is 16.1. The summed E-state index contributed by atoms with van der Waals surface area (Å²) in [5, 5.41) is 7.73. The molecule has 0 radical (unpaired) electrons. The minimum Gasteiger partial charge on any atom is -0.497 e. The molecule has 0 N–H and O–H groups in total. The fourth-order valence-electron chi connectivity index (χ4n) is 2.95. The van der Waals surface area contributed by atoms with Gasteiger partial charge in [0.1, 0.15) is 5.75 Å². The third-order valence-corrected chi connectivity index (χ3v) is 4.72. The standard InChI is InChI=1S/C20H24ClN3O/c1-16(18-5-9-20(25-2)10-6-18)22-24-13-11-23(12-14-24)15-17-3-7-19(21)8-4-17/h3-10H,11-15H2,1-2H3. The lowest BCUT2D eigenvalue weighted by Crippen LogP contribution is -2.43. The number of halogens is 1. The van der Waals surface area contributed by atoms with E-state index in [2.05, 4.69) is 41.1 Å². The molecule has 1 aliphatic rings. The van der Waals surface area contributed by atoms with E-state index < -0.39 is 0 Å². The SMILES string of the molecule is COc1ccc(C(C)=NN2CCN(Cc3ccc(Cl)cc3)CC2)cc1. The van der Waals surface area contributed by atoms with Crippen molar-refractivity contribution in [2.45, 2.75) is 13.5 Å². The van der Waals surface area contributed by atoms with E-state index in [1.165, 1.54) is 5.56 Å². The summed E-state index contributed by atoms with van der Waals surface area (Å²) in [5.74, 6) is 0.868. The molecule has 1 fully saturated rings. The number of rotatable bonds is 5. The third-order valence-electron chi connectivity index (χ3n) is 4.47. The van der Waals surface area contributed by atoms with Crippen LogP contribution in [-0.4, -0.2) is 48.9 Å². The van der Waals surface area contributed by atoms with Crippen molar-refractivity contribution >= 4 is 17.3 Å². The van der Waals surface area contributed by atoms with Crippen molar-refractivity contribution in [3.05, 3.63) is 64.7 Å². The summed E-state index contributed by atoms with van der Waals surface area (Å²) in [6, 6.07) is 16.1. The molecule has 1 aliphatic heterocycles. The van der Waals surface area contributed by atoms with Crippen molar-refractivity contribution in [3.63, 3.8) is 0 Å². The first-order chi connectivity index (χ1) is 12.1. The van der Waals surface area contributed by atoms with E-state index >= 15 is 0 Å². The predicted molar refractivity (Wildman–Crippen MR) is 104 cm³/mol. The van der Waals surface area contributed by atoms with Crippen LogP contribution < -0.4 is 4.74 Å². The first-order valence-electron chi connectivity index (χ1n) is 8.55. The topological polar surface area (TPSA) is 28.1 Å². The Hall–Kier alpha value is -2.04. The lowest BCUT2D eigenvalue weighted by atomic mass is 10.1. The average Bonchev–Trinajstić information content (AvgIpc) is 2.65. The van der Waals surface area contributed by atoms with Crippen LogP contribution in [0.15, 0.2) is 53.6 Å². The zero-order valence-corrected chi connectivity index (χ0v) is 15.5. The smallest absolute Gasteiger partial charge is 0.118 e. The summed E-state index contributed by atoms with van der Waals surface area (Å²) in [7, 11) is 1.68. The summed E-state index contributed by atoms with van der Waals surface area (Å²) in [4.78, 5) is 2.46. The molecule has 1 heterocycles. The van der Waals surface area contributed by atoms with E-state index in [9.17, 15) is 0 Å². The number of ether oxygens (including phenoxy) is 1. The Bertz CT molecular complexity index is 705. The second kappa shape index (κ2) is 8.37. The highest BCUT2D eigenvalue weighted by Gasteiger charge is 2.16. The van der Waals surface area contributed by atoms with Gasteiger partial charge in [0, 0.05) is 37.7 Å². The molecule has 1 saturated heterocycles. The van der Waals surface area contributed by atoms with Crippen molar-refractivity contribution in [2.24, 2.45) is 5.10 Å². The molecule has 5 heteroatoms. The molecule has 0 unspecified atom stereocenters. The van der Waals surface area contributed by atoms with Crippen LogP contribution in [0.3, 0.4) is 0 Å². The molecule has 0 bridgehead atoms. The summed E-state index contributed by atoms with van der Waals surface area (Å²) < 4.78 is 5.20. The molecule has 0 spiro atoms. The fourth-order valence-corrected chi connectivity index (χ4v) is 3.07. The number of hydrogen-bond donors (Lipinski definition) is 0. The molecule has 25 heavy (non-hydrogen) atoms. The van der Waals surface area contributed by atoms with Crippen LogP contribution in [0.2, 0.25) is 5.02 Å². The van der Waals surface area contributed by atoms with Crippen molar-refractivity contribution in [3.8, 4) is 5.75 Å². The summed E-state index contributed by atoms with van der Waals surface area (Å²) in [6.07, 6.45) is 0. The van der Waals surface area contributed by atoms with Gasteiger partial charge in [0.15, 0.2) is 0 Å². The first kappa shape index (κ1) is 17.8. The average molecular weight is 358 g/mol. The van der Waals surface area contributed by atoms with E-state index in [1.807, 2.05) is 24.3 Å². The van der Waals surface area contributed by atoms with Gasteiger partial charge in [-0.2, -0.15) is 5.10 Å². The molecule has 2 aromatic rings. The van der Waals surface area contributed by atoms with Crippen LogP contribution in [0.5, 0.6) is 5.75 Å². The zero-order chi connectivity index (χ0) is 17.6. The highest BCUT2D eigenvalue weighted by Crippen LogP contribution is 2.15. The molecular weight excluding hydrogens is 334 g/mol. The van der Waals surface area contributed by atoms with Gasteiger partial charge in [0.25, 0.3) is 0 Å². The maximum absolute atomic E-state index is 5.95. The Kier molecular flexibility index (Phi) is 5.95. The van der Waals surface area contributed by atoms with Crippen LogP contribution in [-0.2, 0) is 6.54 Å². The zero-order valence-electron chi connectivity index (χ0n) is 14.8. The summed E-state index contributed by atoms with van der Waals surface area (Å²) in [6.45, 7) is 6.94. The lowest BCUT2D eigenvalue weighted by Gasteiger charge is -2.33. The Morgan fingerprint density at radius 1 is 1.00 bits per heavy atom. The Labute approximate surface area is 154 Å².